The predicted octanol–water partition coefficient (Wildman–Crippen LogP) is 2.04. The Bertz CT molecular complexity index is 1340. The standard InChI is InChI=1S/C31H41N5O6/c1-5-33-27(37)15-22(14-21-11-8-10-20-9-6-7-12-24(20)21)29(39)36-26(16-23-17-32-18-34-23)30(40)35-25(13-19(2)3)28(38)31(41)42-4/h6-12,17-19,22,25-26,28,38H,5,13-16H2,1-4H3,(H,32,34)(H,33,37)(H,35,40)(H,36,39)/t22?,25-,26-,28?/m0/s1. The molecular weight excluding hydrogens is 538 g/mol. The number of nitrogens with one attached hydrogen (secondary N) is 4. The second kappa shape index (κ2) is 15.7. The van der Waals surface area contributed by atoms with Gasteiger partial charge >= 0.3 is 5.97 Å². The number of imidazole rings is 1. The van der Waals surface area contributed by atoms with E-state index < -0.39 is 41.9 Å². The molecule has 11 nitrogen and oxygen atoms in total. The van der Waals surface area contributed by atoms with Crippen LogP contribution in [-0.2, 0) is 36.8 Å². The molecular formula is C31H41N5O6. The van der Waals surface area contributed by atoms with Crippen molar-refractivity contribution in [1.29, 1.82) is 0 Å². The minimum atomic E-state index is -1.58. The molecule has 0 bridgehead atoms. The number of esters is 1. The maximum absolute atomic E-state index is 13.8. The monoisotopic (exact) mass is 579 g/mol. The van der Waals surface area contributed by atoms with Gasteiger partial charge in [0.15, 0.2) is 6.10 Å². The molecule has 1 aromatic heterocycles. The van der Waals surface area contributed by atoms with Crippen molar-refractivity contribution in [1.82, 2.24) is 25.9 Å². The molecule has 3 rings (SSSR count). The van der Waals surface area contributed by atoms with Gasteiger partial charge in [-0.3, -0.25) is 14.4 Å². The Morgan fingerprint density at radius 3 is 2.40 bits per heavy atom. The summed E-state index contributed by atoms with van der Waals surface area (Å²) in [4.78, 5) is 59.1. The van der Waals surface area contributed by atoms with E-state index in [0.29, 0.717) is 18.7 Å². The second-order valence-electron chi connectivity index (χ2n) is 10.8. The highest BCUT2D eigenvalue weighted by Gasteiger charge is 2.33. The summed E-state index contributed by atoms with van der Waals surface area (Å²) in [5.41, 5.74) is 1.50. The Kier molecular flexibility index (Phi) is 12.0. The number of aromatic amines is 1. The number of fused-ring (bicyclic) bond motifs is 1. The summed E-state index contributed by atoms with van der Waals surface area (Å²) in [5.74, 6) is -2.93. The van der Waals surface area contributed by atoms with Crippen LogP contribution in [0, 0.1) is 11.8 Å². The van der Waals surface area contributed by atoms with Gasteiger partial charge in [-0.2, -0.15) is 0 Å². The van der Waals surface area contributed by atoms with Gasteiger partial charge in [-0.05, 0) is 42.0 Å². The highest BCUT2D eigenvalue weighted by atomic mass is 16.5. The average Bonchev–Trinajstić information content (AvgIpc) is 3.48. The number of benzene rings is 2. The number of methoxy groups -OCH3 is 1. The van der Waals surface area contributed by atoms with E-state index in [0.717, 1.165) is 23.4 Å². The van der Waals surface area contributed by atoms with Crippen LogP contribution in [-0.4, -0.2) is 70.6 Å². The van der Waals surface area contributed by atoms with Crippen molar-refractivity contribution in [3.8, 4) is 0 Å². The fourth-order valence-electron chi connectivity index (χ4n) is 4.94. The largest absolute Gasteiger partial charge is 0.467 e. The molecule has 0 aliphatic carbocycles. The molecule has 0 saturated carbocycles. The Hall–Kier alpha value is -4.25. The minimum Gasteiger partial charge on any atom is -0.467 e. The lowest BCUT2D eigenvalue weighted by atomic mass is 9.91. The van der Waals surface area contributed by atoms with Crippen LogP contribution in [0.5, 0.6) is 0 Å². The fourth-order valence-corrected chi connectivity index (χ4v) is 4.94. The van der Waals surface area contributed by atoms with Gasteiger partial charge in [0.25, 0.3) is 0 Å². The van der Waals surface area contributed by atoms with Gasteiger partial charge in [0.2, 0.25) is 17.7 Å². The number of amides is 3. The molecule has 5 N–H and O–H groups in total. The van der Waals surface area contributed by atoms with E-state index in [-0.39, 0.29) is 31.1 Å². The molecule has 0 aliphatic rings. The number of aliphatic hydroxyl groups is 1. The molecule has 2 aromatic carbocycles. The molecule has 0 spiro atoms. The lowest BCUT2D eigenvalue weighted by Crippen LogP contribution is -2.56. The maximum atomic E-state index is 13.8. The third-order valence-corrected chi connectivity index (χ3v) is 7.01. The first-order chi connectivity index (χ1) is 20.1. The van der Waals surface area contributed by atoms with Gasteiger partial charge in [0.05, 0.1) is 25.4 Å². The number of aromatic nitrogens is 2. The number of H-pyrrole nitrogens is 1. The molecule has 0 fully saturated rings. The van der Waals surface area contributed by atoms with Crippen molar-refractivity contribution in [3.05, 3.63) is 66.2 Å². The number of carbonyl (C=O) groups excluding carboxylic acids is 4. The molecule has 3 aromatic rings. The highest BCUT2D eigenvalue weighted by molar-refractivity contribution is 5.92. The van der Waals surface area contributed by atoms with Crippen molar-refractivity contribution in [2.45, 2.75) is 64.6 Å². The lowest BCUT2D eigenvalue weighted by Gasteiger charge is -2.27. The number of rotatable bonds is 15. The Balaban J connectivity index is 1.88. The summed E-state index contributed by atoms with van der Waals surface area (Å²) in [5, 5.41) is 20.9. The van der Waals surface area contributed by atoms with Crippen LogP contribution in [0.1, 0.15) is 44.9 Å². The van der Waals surface area contributed by atoms with Crippen LogP contribution < -0.4 is 16.0 Å². The third kappa shape index (κ3) is 9.13. The molecule has 3 amide bonds. The van der Waals surface area contributed by atoms with E-state index >= 15 is 0 Å². The van der Waals surface area contributed by atoms with Gasteiger partial charge in [-0.1, -0.05) is 56.3 Å². The number of hydrogen-bond donors (Lipinski definition) is 5. The number of aliphatic hydroxyl groups excluding tert-OH is 1. The zero-order valence-electron chi connectivity index (χ0n) is 24.6. The Morgan fingerprint density at radius 1 is 1.00 bits per heavy atom. The average molecular weight is 580 g/mol. The first-order valence-electron chi connectivity index (χ1n) is 14.2. The molecule has 1 heterocycles. The fraction of sp³-hybridized carbons (Fsp3) is 0.452. The first-order valence-corrected chi connectivity index (χ1v) is 14.2. The second-order valence-corrected chi connectivity index (χ2v) is 10.8. The predicted molar refractivity (Wildman–Crippen MR) is 158 cm³/mol. The van der Waals surface area contributed by atoms with Gasteiger partial charge in [-0.15, -0.1) is 0 Å². The van der Waals surface area contributed by atoms with Crippen LogP contribution in [0.3, 0.4) is 0 Å². The molecule has 226 valence electrons. The van der Waals surface area contributed by atoms with Gasteiger partial charge in [0.1, 0.15) is 6.04 Å². The molecule has 0 aliphatic heterocycles. The summed E-state index contributed by atoms with van der Waals surface area (Å²) in [7, 11) is 1.16. The first kappa shape index (κ1) is 32.3. The Morgan fingerprint density at radius 2 is 1.74 bits per heavy atom. The minimum absolute atomic E-state index is 0.0393. The van der Waals surface area contributed by atoms with E-state index in [1.807, 2.05) is 56.3 Å². The number of carbonyl (C=O) groups is 4. The quantitative estimate of drug-likeness (QED) is 0.172. The normalized spacial score (nSPS) is 14.0. The van der Waals surface area contributed by atoms with E-state index in [1.54, 1.807) is 13.1 Å². The van der Waals surface area contributed by atoms with Crippen molar-refractivity contribution in [3.63, 3.8) is 0 Å². The lowest BCUT2D eigenvalue weighted by molar-refractivity contribution is -0.152. The number of ether oxygens (including phenoxy) is 1. The van der Waals surface area contributed by atoms with Crippen LogP contribution in [0.2, 0.25) is 0 Å². The van der Waals surface area contributed by atoms with Gasteiger partial charge < -0.3 is 30.8 Å². The van der Waals surface area contributed by atoms with Gasteiger partial charge in [0, 0.05) is 31.3 Å². The van der Waals surface area contributed by atoms with Crippen LogP contribution in [0.25, 0.3) is 10.8 Å². The molecule has 2 unspecified atom stereocenters. The highest BCUT2D eigenvalue weighted by Crippen LogP contribution is 2.23. The van der Waals surface area contributed by atoms with Crippen LogP contribution in [0.15, 0.2) is 55.0 Å². The van der Waals surface area contributed by atoms with E-state index in [4.69, 9.17) is 0 Å². The van der Waals surface area contributed by atoms with Crippen molar-refractivity contribution < 1.29 is 29.0 Å². The summed E-state index contributed by atoms with van der Waals surface area (Å²) in [6.07, 6.45) is 2.01. The van der Waals surface area contributed by atoms with Crippen LogP contribution >= 0.6 is 0 Å². The molecule has 0 radical (unpaired) electrons. The Labute approximate surface area is 245 Å². The SMILES string of the molecule is CCNC(=O)CC(Cc1cccc2ccccc12)C(=O)N[C@@H](Cc1cnc[nH]1)C(=O)N[C@@H](CC(C)C)C(O)C(=O)OC. The number of nitrogens with zero attached hydrogens (tertiary/aromatic N) is 1. The van der Waals surface area contributed by atoms with E-state index in [2.05, 4.69) is 30.7 Å². The zero-order valence-corrected chi connectivity index (χ0v) is 24.6. The van der Waals surface area contributed by atoms with E-state index in [1.165, 1.54) is 6.33 Å². The van der Waals surface area contributed by atoms with Crippen molar-refractivity contribution in [2.24, 2.45) is 11.8 Å². The smallest absolute Gasteiger partial charge is 0.336 e. The summed E-state index contributed by atoms with van der Waals surface area (Å²) < 4.78 is 4.68. The van der Waals surface area contributed by atoms with Gasteiger partial charge in [-0.25, -0.2) is 9.78 Å². The number of hydrogen-bond acceptors (Lipinski definition) is 7. The third-order valence-electron chi connectivity index (χ3n) is 7.01. The topological polar surface area (TPSA) is 163 Å². The van der Waals surface area contributed by atoms with Crippen molar-refractivity contribution in [2.75, 3.05) is 13.7 Å². The molecule has 11 heteroatoms. The molecule has 0 saturated heterocycles. The van der Waals surface area contributed by atoms with Crippen LogP contribution in [0.4, 0.5) is 0 Å². The van der Waals surface area contributed by atoms with Crippen molar-refractivity contribution >= 4 is 34.5 Å². The summed E-state index contributed by atoms with van der Waals surface area (Å²) in [6.45, 7) is 6.02. The zero-order chi connectivity index (χ0) is 30.6. The molecule has 4 atom stereocenters. The summed E-state index contributed by atoms with van der Waals surface area (Å²) >= 11 is 0. The summed E-state index contributed by atoms with van der Waals surface area (Å²) in [6, 6.07) is 11.6. The van der Waals surface area contributed by atoms with E-state index in [9.17, 15) is 24.3 Å². The molecule has 42 heavy (non-hydrogen) atoms. The maximum Gasteiger partial charge on any atom is 0.336 e.